The lowest BCUT2D eigenvalue weighted by molar-refractivity contribution is 0.0687. The van der Waals surface area contributed by atoms with Gasteiger partial charge in [-0.1, -0.05) is 0 Å². The van der Waals surface area contributed by atoms with Gasteiger partial charge in [-0.25, -0.2) is 9.37 Å². The minimum absolute atomic E-state index is 0.0325. The van der Waals surface area contributed by atoms with Crippen molar-refractivity contribution in [3.63, 3.8) is 0 Å². The van der Waals surface area contributed by atoms with Crippen LogP contribution in [0, 0.1) is 25.6 Å². The number of rotatable bonds is 4. The lowest BCUT2D eigenvalue weighted by atomic mass is 10.0. The Labute approximate surface area is 179 Å². The lowest BCUT2D eigenvalue weighted by Crippen LogP contribution is -2.48. The zero-order chi connectivity index (χ0) is 21.5. The van der Waals surface area contributed by atoms with Crippen molar-refractivity contribution in [1.29, 1.82) is 0 Å². The van der Waals surface area contributed by atoms with Gasteiger partial charge in [0.05, 0.1) is 24.1 Å². The van der Waals surface area contributed by atoms with E-state index in [1.807, 2.05) is 18.7 Å². The number of nitrogens with one attached hydrogen (secondary N) is 1. The van der Waals surface area contributed by atoms with E-state index in [0.717, 1.165) is 24.1 Å². The molecule has 7 nitrogen and oxygen atoms in total. The van der Waals surface area contributed by atoms with Crippen molar-refractivity contribution in [3.05, 3.63) is 65.8 Å². The summed E-state index contributed by atoms with van der Waals surface area (Å²) < 4.78 is 14.5. The number of hydrogen-bond donors (Lipinski definition) is 1. The number of hydrogen-bond acceptors (Lipinski definition) is 6. The molecule has 1 saturated heterocycles. The fourth-order valence-electron chi connectivity index (χ4n) is 4.71. The van der Waals surface area contributed by atoms with Gasteiger partial charge in [-0.05, 0) is 56.4 Å². The van der Waals surface area contributed by atoms with E-state index in [1.165, 1.54) is 18.3 Å². The Morgan fingerprint density at radius 2 is 2.00 bits per heavy atom. The third-order valence-electron chi connectivity index (χ3n) is 6.10. The summed E-state index contributed by atoms with van der Waals surface area (Å²) in [5, 5.41) is 3.44. The molecule has 2 aliphatic rings. The van der Waals surface area contributed by atoms with Crippen LogP contribution in [0.3, 0.4) is 0 Å². The van der Waals surface area contributed by atoms with Gasteiger partial charge in [-0.3, -0.25) is 19.7 Å². The maximum Gasteiger partial charge on any atom is 0.273 e. The van der Waals surface area contributed by atoms with Crippen molar-refractivity contribution < 1.29 is 9.18 Å². The van der Waals surface area contributed by atoms with Crippen LogP contribution >= 0.6 is 0 Å². The number of carbonyl (C=O) groups is 1. The maximum absolute atomic E-state index is 14.5. The third kappa shape index (κ3) is 3.62. The Kier molecular flexibility index (Phi) is 4.84. The molecule has 2 fully saturated rings. The molecule has 3 atom stereocenters. The first-order valence-corrected chi connectivity index (χ1v) is 10.4. The molecule has 1 aliphatic carbocycles. The standard InChI is InChI=1S/C23H23FN6O/c1-13-6-16(21-17(24)4-3-5-25-21)22(28-9-13)23(31)30-12-15-7-18(19(30)8-15)29-20-11-26-14(2)10-27-20/h3-6,9-11,15,18-19H,7-8,12H2,1-2H3,(H,27,29). The Balaban J connectivity index is 1.43. The molecule has 5 rings (SSSR count). The Morgan fingerprint density at radius 1 is 1.13 bits per heavy atom. The average molecular weight is 418 g/mol. The molecule has 158 valence electrons. The molecule has 1 amide bonds. The second-order valence-electron chi connectivity index (χ2n) is 8.40. The van der Waals surface area contributed by atoms with Crippen molar-refractivity contribution in [3.8, 4) is 11.3 Å². The van der Waals surface area contributed by atoms with Gasteiger partial charge in [0.2, 0.25) is 0 Å². The van der Waals surface area contributed by atoms with Gasteiger partial charge in [-0.2, -0.15) is 0 Å². The number of nitrogens with zero attached hydrogens (tertiary/aromatic N) is 5. The summed E-state index contributed by atoms with van der Waals surface area (Å²) in [5.41, 5.74) is 2.52. The van der Waals surface area contributed by atoms with E-state index in [9.17, 15) is 9.18 Å². The van der Waals surface area contributed by atoms with Gasteiger partial charge in [0.25, 0.3) is 5.91 Å². The number of likely N-dealkylation sites (tertiary alicyclic amines) is 1. The first kappa shape index (κ1) is 19.5. The minimum Gasteiger partial charge on any atom is -0.364 e. The van der Waals surface area contributed by atoms with Crippen LogP contribution in [0.4, 0.5) is 10.2 Å². The van der Waals surface area contributed by atoms with Crippen LogP contribution in [0.5, 0.6) is 0 Å². The highest BCUT2D eigenvalue weighted by atomic mass is 19.1. The molecule has 8 heteroatoms. The van der Waals surface area contributed by atoms with Gasteiger partial charge in [0, 0.05) is 30.5 Å². The van der Waals surface area contributed by atoms with Crippen LogP contribution in [0.1, 0.15) is 34.6 Å². The molecule has 0 radical (unpaired) electrons. The van der Waals surface area contributed by atoms with Crippen LogP contribution in [0.25, 0.3) is 11.3 Å². The second-order valence-corrected chi connectivity index (χ2v) is 8.40. The van der Waals surface area contributed by atoms with Gasteiger partial charge >= 0.3 is 0 Å². The first-order valence-electron chi connectivity index (χ1n) is 10.4. The number of piperidine rings is 1. The minimum atomic E-state index is -0.468. The van der Waals surface area contributed by atoms with Crippen molar-refractivity contribution in [2.75, 3.05) is 11.9 Å². The quantitative estimate of drug-likeness (QED) is 0.699. The van der Waals surface area contributed by atoms with Gasteiger partial charge < -0.3 is 10.2 Å². The van der Waals surface area contributed by atoms with Gasteiger partial charge in [-0.15, -0.1) is 0 Å². The average Bonchev–Trinajstić information content (AvgIpc) is 3.36. The van der Waals surface area contributed by atoms with Gasteiger partial charge in [0.1, 0.15) is 23.0 Å². The van der Waals surface area contributed by atoms with E-state index in [-0.39, 0.29) is 29.4 Å². The summed E-state index contributed by atoms with van der Waals surface area (Å²) in [4.78, 5) is 32.7. The molecule has 3 aromatic rings. The fraction of sp³-hybridized carbons (Fsp3) is 0.348. The molecular weight excluding hydrogens is 395 g/mol. The van der Waals surface area contributed by atoms with Crippen molar-refractivity contribution in [2.45, 2.75) is 38.8 Å². The number of fused-ring (bicyclic) bond motifs is 2. The highest BCUT2D eigenvalue weighted by Gasteiger charge is 2.47. The summed E-state index contributed by atoms with van der Waals surface area (Å²) in [6, 6.07) is 4.79. The molecule has 1 saturated carbocycles. The smallest absolute Gasteiger partial charge is 0.273 e. The fourth-order valence-corrected chi connectivity index (χ4v) is 4.71. The molecule has 3 unspecified atom stereocenters. The second kappa shape index (κ2) is 7.68. The van der Waals surface area contributed by atoms with Crippen molar-refractivity contribution in [2.24, 2.45) is 5.92 Å². The molecule has 3 aromatic heterocycles. The number of halogens is 1. The third-order valence-corrected chi connectivity index (χ3v) is 6.10. The Hall–Kier alpha value is -3.42. The maximum atomic E-state index is 14.5. The highest BCUT2D eigenvalue weighted by Crippen LogP contribution is 2.40. The molecule has 31 heavy (non-hydrogen) atoms. The summed E-state index contributed by atoms with van der Waals surface area (Å²) in [7, 11) is 0. The number of anilines is 1. The molecule has 0 aromatic carbocycles. The predicted molar refractivity (Wildman–Crippen MR) is 114 cm³/mol. The van der Waals surface area contributed by atoms with Crippen molar-refractivity contribution in [1.82, 2.24) is 24.8 Å². The number of amides is 1. The van der Waals surface area contributed by atoms with E-state index >= 15 is 0 Å². The van der Waals surface area contributed by atoms with E-state index in [1.54, 1.807) is 24.7 Å². The molecule has 1 N–H and O–H groups in total. The summed E-state index contributed by atoms with van der Waals surface area (Å²) in [6.07, 6.45) is 8.52. The largest absolute Gasteiger partial charge is 0.364 e. The summed E-state index contributed by atoms with van der Waals surface area (Å²) in [6.45, 7) is 4.44. The van der Waals surface area contributed by atoms with Gasteiger partial charge in [0.15, 0.2) is 0 Å². The zero-order valence-electron chi connectivity index (χ0n) is 17.4. The van der Waals surface area contributed by atoms with Crippen LogP contribution in [0.15, 0.2) is 43.0 Å². The predicted octanol–water partition coefficient (Wildman–Crippen LogP) is 3.40. The topological polar surface area (TPSA) is 83.9 Å². The molecular formula is C23H23FN6O. The number of aryl methyl sites for hydroxylation is 2. The normalized spacial score (nSPS) is 22.0. The zero-order valence-corrected chi connectivity index (χ0v) is 17.4. The van der Waals surface area contributed by atoms with Crippen LogP contribution in [-0.4, -0.2) is 49.4 Å². The van der Waals surface area contributed by atoms with E-state index < -0.39 is 5.82 Å². The Bertz CT molecular complexity index is 1140. The summed E-state index contributed by atoms with van der Waals surface area (Å²) >= 11 is 0. The SMILES string of the molecule is Cc1cnc(C(=O)N2CC3CC(Nc4cnc(C)cn4)C2C3)c(-c2ncccc2F)c1. The van der Waals surface area contributed by atoms with Crippen LogP contribution in [-0.2, 0) is 0 Å². The monoisotopic (exact) mass is 418 g/mol. The van der Waals surface area contributed by atoms with Crippen molar-refractivity contribution >= 4 is 11.7 Å². The van der Waals surface area contributed by atoms with Crippen LogP contribution in [0.2, 0.25) is 0 Å². The summed E-state index contributed by atoms with van der Waals surface area (Å²) in [5.74, 6) is 0.476. The van der Waals surface area contributed by atoms with Crippen LogP contribution < -0.4 is 5.32 Å². The molecule has 2 bridgehead atoms. The Morgan fingerprint density at radius 3 is 2.74 bits per heavy atom. The lowest BCUT2D eigenvalue weighted by Gasteiger charge is -2.34. The highest BCUT2D eigenvalue weighted by molar-refractivity contribution is 5.99. The molecule has 0 spiro atoms. The molecule has 4 heterocycles. The van der Waals surface area contributed by atoms with E-state index in [2.05, 4.69) is 25.3 Å². The number of pyridine rings is 2. The molecule has 1 aliphatic heterocycles. The first-order chi connectivity index (χ1) is 15.0. The number of aromatic nitrogens is 4. The van der Waals surface area contributed by atoms with E-state index in [4.69, 9.17) is 0 Å². The van der Waals surface area contributed by atoms with E-state index in [0.29, 0.717) is 23.8 Å². The number of carbonyl (C=O) groups excluding carboxylic acids is 1.